The summed E-state index contributed by atoms with van der Waals surface area (Å²) in [7, 11) is 0. The van der Waals surface area contributed by atoms with Gasteiger partial charge in [0.1, 0.15) is 0 Å². The van der Waals surface area contributed by atoms with E-state index >= 15 is 0 Å². The van der Waals surface area contributed by atoms with Crippen LogP contribution in [-0.2, 0) is 17.8 Å². The van der Waals surface area contributed by atoms with E-state index in [1.54, 1.807) is 0 Å². The Morgan fingerprint density at radius 2 is 1.70 bits per heavy atom. The Kier molecular flexibility index (Phi) is 6.53. The summed E-state index contributed by atoms with van der Waals surface area (Å²) in [5, 5.41) is 9.19. The second-order valence-electron chi connectivity index (χ2n) is 9.42. The summed E-state index contributed by atoms with van der Waals surface area (Å²) in [6.45, 7) is 3.52. The van der Waals surface area contributed by atoms with Gasteiger partial charge in [-0.25, -0.2) is 4.68 Å². The highest BCUT2D eigenvalue weighted by Gasteiger charge is 2.33. The number of piperidine rings is 2. The molecule has 2 atom stereocenters. The summed E-state index contributed by atoms with van der Waals surface area (Å²) in [5.74, 6) is 0.505. The third kappa shape index (κ3) is 4.86. The summed E-state index contributed by atoms with van der Waals surface area (Å²) >= 11 is 0. The maximum Gasteiger partial charge on any atom is 0.274 e. The molecule has 0 bridgehead atoms. The number of nitrogens with zero attached hydrogens (tertiary/aromatic N) is 3. The zero-order valence-electron chi connectivity index (χ0n) is 19.1. The van der Waals surface area contributed by atoms with Gasteiger partial charge in [0.15, 0.2) is 0 Å². The SMILES string of the molecule is O=C(Cc1nn(Cc2ccccc2)c(=O)c2ccccc12)NCC1CCCN2CCCCC12. The van der Waals surface area contributed by atoms with Gasteiger partial charge in [0, 0.05) is 18.0 Å². The van der Waals surface area contributed by atoms with Crippen LogP contribution < -0.4 is 10.9 Å². The summed E-state index contributed by atoms with van der Waals surface area (Å²) in [5.41, 5.74) is 1.53. The molecular weight excluding hydrogens is 412 g/mol. The summed E-state index contributed by atoms with van der Waals surface area (Å²) < 4.78 is 1.49. The summed E-state index contributed by atoms with van der Waals surface area (Å²) in [4.78, 5) is 28.6. The fourth-order valence-corrected chi connectivity index (χ4v) is 5.57. The highest BCUT2D eigenvalue weighted by molar-refractivity contribution is 5.88. The largest absolute Gasteiger partial charge is 0.355 e. The molecule has 3 heterocycles. The maximum absolute atomic E-state index is 13.0. The summed E-state index contributed by atoms with van der Waals surface area (Å²) in [6, 6.07) is 17.9. The molecule has 0 radical (unpaired) electrons. The molecule has 0 spiro atoms. The van der Waals surface area contributed by atoms with Crippen LogP contribution in [0, 0.1) is 5.92 Å². The van der Waals surface area contributed by atoms with Gasteiger partial charge in [0.2, 0.25) is 5.91 Å². The molecule has 3 aromatic rings. The van der Waals surface area contributed by atoms with Crippen LogP contribution in [0.5, 0.6) is 0 Å². The second kappa shape index (κ2) is 9.87. The predicted molar refractivity (Wildman–Crippen MR) is 130 cm³/mol. The van der Waals surface area contributed by atoms with Crippen LogP contribution in [0.4, 0.5) is 0 Å². The molecule has 6 heteroatoms. The lowest BCUT2D eigenvalue weighted by molar-refractivity contribution is -0.120. The van der Waals surface area contributed by atoms with Crippen LogP contribution in [0.1, 0.15) is 43.4 Å². The molecule has 2 unspecified atom stereocenters. The van der Waals surface area contributed by atoms with Gasteiger partial charge in [0.05, 0.1) is 24.0 Å². The normalized spacial score (nSPS) is 21.0. The first-order valence-electron chi connectivity index (χ1n) is 12.2. The number of benzene rings is 2. The lowest BCUT2D eigenvalue weighted by Gasteiger charge is -2.44. The molecule has 1 aromatic heterocycles. The smallest absolute Gasteiger partial charge is 0.274 e. The Morgan fingerprint density at radius 3 is 2.55 bits per heavy atom. The van der Waals surface area contributed by atoms with Crippen molar-refractivity contribution < 1.29 is 4.79 Å². The van der Waals surface area contributed by atoms with Crippen molar-refractivity contribution in [3.05, 3.63) is 76.2 Å². The molecule has 0 saturated carbocycles. The molecule has 2 aliphatic rings. The number of amides is 1. The van der Waals surface area contributed by atoms with E-state index in [0.29, 0.717) is 29.6 Å². The van der Waals surface area contributed by atoms with Crippen molar-refractivity contribution in [3.8, 4) is 0 Å². The number of hydrogen-bond donors (Lipinski definition) is 1. The van der Waals surface area contributed by atoms with Gasteiger partial charge < -0.3 is 10.2 Å². The van der Waals surface area contributed by atoms with Crippen molar-refractivity contribution in [2.24, 2.45) is 5.92 Å². The van der Waals surface area contributed by atoms with Crippen molar-refractivity contribution >= 4 is 16.7 Å². The first-order valence-corrected chi connectivity index (χ1v) is 12.2. The zero-order valence-corrected chi connectivity index (χ0v) is 19.1. The van der Waals surface area contributed by atoms with Crippen molar-refractivity contribution in [3.63, 3.8) is 0 Å². The first-order chi connectivity index (χ1) is 16.2. The molecule has 0 aliphatic carbocycles. The van der Waals surface area contributed by atoms with Gasteiger partial charge in [-0.15, -0.1) is 0 Å². The molecule has 1 N–H and O–H groups in total. The van der Waals surface area contributed by atoms with E-state index in [-0.39, 0.29) is 17.9 Å². The van der Waals surface area contributed by atoms with E-state index < -0.39 is 0 Å². The zero-order chi connectivity index (χ0) is 22.6. The van der Waals surface area contributed by atoms with Crippen molar-refractivity contribution in [1.29, 1.82) is 0 Å². The molecule has 2 fully saturated rings. The van der Waals surface area contributed by atoms with Crippen LogP contribution >= 0.6 is 0 Å². The average molecular weight is 445 g/mol. The Balaban J connectivity index is 1.33. The fourth-order valence-electron chi connectivity index (χ4n) is 5.57. The average Bonchev–Trinajstić information content (AvgIpc) is 2.86. The van der Waals surface area contributed by atoms with Gasteiger partial charge in [0.25, 0.3) is 5.56 Å². The van der Waals surface area contributed by atoms with Crippen molar-refractivity contribution in [2.45, 2.75) is 51.1 Å². The van der Waals surface area contributed by atoms with E-state index in [2.05, 4.69) is 15.3 Å². The monoisotopic (exact) mass is 444 g/mol. The fraction of sp³-hybridized carbons (Fsp3) is 0.444. The number of nitrogens with one attached hydrogen (secondary N) is 1. The number of fused-ring (bicyclic) bond motifs is 2. The number of carbonyl (C=O) groups excluding carboxylic acids is 1. The number of hydrogen-bond acceptors (Lipinski definition) is 4. The minimum Gasteiger partial charge on any atom is -0.355 e. The third-order valence-electron chi connectivity index (χ3n) is 7.24. The molecule has 5 rings (SSSR count). The van der Waals surface area contributed by atoms with Crippen LogP contribution in [0.3, 0.4) is 0 Å². The molecule has 172 valence electrons. The van der Waals surface area contributed by atoms with Gasteiger partial charge in [-0.3, -0.25) is 9.59 Å². The highest BCUT2D eigenvalue weighted by atomic mass is 16.1. The van der Waals surface area contributed by atoms with Crippen LogP contribution in [0.15, 0.2) is 59.4 Å². The molecular formula is C27H32N4O2. The molecule has 2 saturated heterocycles. The number of carbonyl (C=O) groups is 1. The molecule has 33 heavy (non-hydrogen) atoms. The lowest BCUT2D eigenvalue weighted by Crippen LogP contribution is -2.51. The Morgan fingerprint density at radius 1 is 0.939 bits per heavy atom. The topological polar surface area (TPSA) is 67.2 Å². The minimum absolute atomic E-state index is 0.0227. The van der Waals surface area contributed by atoms with E-state index in [9.17, 15) is 9.59 Å². The third-order valence-corrected chi connectivity index (χ3v) is 7.24. The quantitative estimate of drug-likeness (QED) is 0.633. The Labute approximate surface area is 194 Å². The molecule has 2 aromatic carbocycles. The van der Waals surface area contributed by atoms with Gasteiger partial charge in [-0.05, 0) is 56.3 Å². The van der Waals surface area contributed by atoms with E-state index in [0.717, 1.165) is 17.5 Å². The van der Waals surface area contributed by atoms with Crippen LogP contribution in [-0.4, -0.2) is 46.3 Å². The highest BCUT2D eigenvalue weighted by Crippen LogP contribution is 2.30. The lowest BCUT2D eigenvalue weighted by atomic mass is 9.83. The van der Waals surface area contributed by atoms with Crippen molar-refractivity contribution in [2.75, 3.05) is 19.6 Å². The van der Waals surface area contributed by atoms with Gasteiger partial charge >= 0.3 is 0 Å². The summed E-state index contributed by atoms with van der Waals surface area (Å²) in [6.07, 6.45) is 6.42. The Hall–Kier alpha value is -2.99. The second-order valence-corrected chi connectivity index (χ2v) is 9.42. The Bertz CT molecular complexity index is 1170. The number of rotatable bonds is 6. The first kappa shape index (κ1) is 21.8. The molecule has 6 nitrogen and oxygen atoms in total. The van der Waals surface area contributed by atoms with E-state index in [4.69, 9.17) is 0 Å². The standard InChI is InChI=1S/C27H32N4O2/c32-26(28-18-21-11-8-16-30-15-7-6-14-25(21)30)17-24-22-12-4-5-13-23(22)27(33)31(29-24)19-20-9-2-1-3-10-20/h1-5,9-10,12-13,21,25H,6-8,11,14-19H2,(H,28,32). The molecule has 2 aliphatic heterocycles. The van der Waals surface area contributed by atoms with E-state index in [1.807, 2.05) is 54.6 Å². The number of aromatic nitrogens is 2. The molecule has 1 amide bonds. The van der Waals surface area contributed by atoms with Gasteiger partial charge in [-0.2, -0.15) is 5.10 Å². The minimum atomic E-state index is -0.127. The van der Waals surface area contributed by atoms with E-state index in [1.165, 1.54) is 49.9 Å². The van der Waals surface area contributed by atoms with Crippen molar-refractivity contribution in [1.82, 2.24) is 20.0 Å². The maximum atomic E-state index is 13.0. The van der Waals surface area contributed by atoms with Crippen LogP contribution in [0.25, 0.3) is 10.8 Å². The van der Waals surface area contributed by atoms with Gasteiger partial charge in [-0.1, -0.05) is 55.0 Å². The van der Waals surface area contributed by atoms with Crippen LogP contribution in [0.2, 0.25) is 0 Å². The predicted octanol–water partition coefficient (Wildman–Crippen LogP) is 3.37.